The SMILES string of the molecule is CCOc1ccccc1Nc1ncnc(NCc2ccc(OC)cc2)c1[N+](=O)[O-]. The van der Waals surface area contributed by atoms with Gasteiger partial charge in [-0.05, 0) is 36.8 Å². The summed E-state index contributed by atoms with van der Waals surface area (Å²) in [6.07, 6.45) is 1.27. The van der Waals surface area contributed by atoms with Gasteiger partial charge in [-0.2, -0.15) is 0 Å². The molecule has 150 valence electrons. The monoisotopic (exact) mass is 395 g/mol. The van der Waals surface area contributed by atoms with Gasteiger partial charge in [0.25, 0.3) is 0 Å². The number of nitrogens with zero attached hydrogens (tertiary/aromatic N) is 3. The third-order valence-electron chi connectivity index (χ3n) is 4.06. The van der Waals surface area contributed by atoms with Crippen LogP contribution in [0.2, 0.25) is 0 Å². The number of nitrogens with one attached hydrogen (secondary N) is 2. The lowest BCUT2D eigenvalue weighted by Crippen LogP contribution is -2.08. The fraction of sp³-hybridized carbons (Fsp3) is 0.200. The number of aromatic nitrogens is 2. The van der Waals surface area contributed by atoms with Gasteiger partial charge in [-0.25, -0.2) is 9.97 Å². The van der Waals surface area contributed by atoms with Crippen molar-refractivity contribution >= 4 is 23.0 Å². The van der Waals surface area contributed by atoms with Crippen molar-refractivity contribution in [1.82, 2.24) is 9.97 Å². The molecule has 0 atom stereocenters. The summed E-state index contributed by atoms with van der Waals surface area (Å²) in [4.78, 5) is 19.3. The number of para-hydroxylation sites is 2. The Hall–Kier alpha value is -3.88. The van der Waals surface area contributed by atoms with E-state index in [1.807, 2.05) is 37.3 Å². The fourth-order valence-electron chi connectivity index (χ4n) is 2.68. The van der Waals surface area contributed by atoms with Gasteiger partial charge in [-0.15, -0.1) is 0 Å². The van der Waals surface area contributed by atoms with Gasteiger partial charge in [0.2, 0.25) is 11.6 Å². The number of benzene rings is 2. The number of hydrogen-bond donors (Lipinski definition) is 2. The molecular weight excluding hydrogens is 374 g/mol. The van der Waals surface area contributed by atoms with E-state index in [0.717, 1.165) is 11.3 Å². The minimum atomic E-state index is -0.512. The maximum Gasteiger partial charge on any atom is 0.353 e. The average molecular weight is 395 g/mol. The van der Waals surface area contributed by atoms with Crippen LogP contribution in [0.15, 0.2) is 54.9 Å². The van der Waals surface area contributed by atoms with Gasteiger partial charge in [-0.3, -0.25) is 10.1 Å². The lowest BCUT2D eigenvalue weighted by molar-refractivity contribution is -0.383. The second-order valence-electron chi connectivity index (χ2n) is 5.93. The number of hydrogen-bond acceptors (Lipinski definition) is 8. The Morgan fingerprint density at radius 3 is 2.48 bits per heavy atom. The quantitative estimate of drug-likeness (QED) is 0.411. The second-order valence-corrected chi connectivity index (χ2v) is 5.93. The topological polar surface area (TPSA) is 111 Å². The van der Waals surface area contributed by atoms with Crippen LogP contribution in [0, 0.1) is 10.1 Å². The van der Waals surface area contributed by atoms with Crippen molar-refractivity contribution in [2.75, 3.05) is 24.4 Å². The van der Waals surface area contributed by atoms with Crippen molar-refractivity contribution in [3.63, 3.8) is 0 Å². The van der Waals surface area contributed by atoms with E-state index in [1.165, 1.54) is 6.33 Å². The standard InChI is InChI=1S/C20H21N5O4/c1-3-29-17-7-5-4-6-16(17)24-20-18(25(26)27)19(22-13-23-20)21-12-14-8-10-15(28-2)11-9-14/h4-11,13H,3,12H2,1-2H3,(H2,21,22,23,24). The Balaban J connectivity index is 1.85. The number of anilines is 3. The first-order chi connectivity index (χ1) is 14.1. The third kappa shape index (κ3) is 4.89. The molecule has 2 N–H and O–H groups in total. The zero-order chi connectivity index (χ0) is 20.6. The molecule has 0 saturated heterocycles. The Labute approximate surface area is 167 Å². The van der Waals surface area contributed by atoms with Crippen molar-refractivity contribution in [3.8, 4) is 11.5 Å². The predicted molar refractivity (Wildman–Crippen MR) is 110 cm³/mol. The summed E-state index contributed by atoms with van der Waals surface area (Å²) in [5, 5.41) is 17.7. The first-order valence-corrected chi connectivity index (χ1v) is 8.97. The number of ether oxygens (including phenoxy) is 2. The lowest BCUT2D eigenvalue weighted by atomic mass is 10.2. The maximum atomic E-state index is 11.7. The first-order valence-electron chi connectivity index (χ1n) is 8.97. The van der Waals surface area contributed by atoms with Crippen LogP contribution < -0.4 is 20.1 Å². The Morgan fingerprint density at radius 1 is 1.07 bits per heavy atom. The molecule has 0 aliphatic rings. The average Bonchev–Trinajstić information content (AvgIpc) is 2.74. The molecule has 3 aromatic rings. The van der Waals surface area contributed by atoms with Gasteiger partial charge >= 0.3 is 5.69 Å². The molecule has 1 aromatic heterocycles. The first kappa shape index (κ1) is 19.9. The van der Waals surface area contributed by atoms with Crippen LogP contribution >= 0.6 is 0 Å². The molecule has 9 nitrogen and oxygen atoms in total. The van der Waals surface area contributed by atoms with Crippen LogP contribution in [0.4, 0.5) is 23.0 Å². The molecule has 3 rings (SSSR count). The van der Waals surface area contributed by atoms with Crippen LogP contribution in [-0.2, 0) is 6.54 Å². The van der Waals surface area contributed by atoms with Crippen LogP contribution in [0.25, 0.3) is 0 Å². The summed E-state index contributed by atoms with van der Waals surface area (Å²) in [5.41, 5.74) is 1.26. The fourth-order valence-corrected chi connectivity index (χ4v) is 2.68. The van der Waals surface area contributed by atoms with Gasteiger partial charge in [0.1, 0.15) is 17.8 Å². The summed E-state index contributed by atoms with van der Waals surface area (Å²) < 4.78 is 10.7. The Morgan fingerprint density at radius 2 is 1.79 bits per heavy atom. The van der Waals surface area contributed by atoms with Gasteiger partial charge in [0.05, 0.1) is 24.3 Å². The van der Waals surface area contributed by atoms with E-state index in [1.54, 1.807) is 25.3 Å². The normalized spacial score (nSPS) is 10.3. The molecule has 0 spiro atoms. The highest BCUT2D eigenvalue weighted by atomic mass is 16.6. The van der Waals surface area contributed by atoms with Gasteiger partial charge in [-0.1, -0.05) is 24.3 Å². The molecule has 0 amide bonds. The van der Waals surface area contributed by atoms with Gasteiger partial charge < -0.3 is 20.1 Å². The minimum Gasteiger partial charge on any atom is -0.497 e. The van der Waals surface area contributed by atoms with Crippen molar-refractivity contribution in [3.05, 3.63) is 70.5 Å². The third-order valence-corrected chi connectivity index (χ3v) is 4.06. The summed E-state index contributed by atoms with van der Waals surface area (Å²) in [7, 11) is 1.59. The summed E-state index contributed by atoms with van der Waals surface area (Å²) in [5.74, 6) is 1.52. The Kier molecular flexibility index (Phi) is 6.41. The highest BCUT2D eigenvalue weighted by Crippen LogP contribution is 2.34. The van der Waals surface area contributed by atoms with E-state index in [2.05, 4.69) is 20.6 Å². The second kappa shape index (κ2) is 9.36. The predicted octanol–water partition coefficient (Wildman–Crippen LogP) is 4.15. The summed E-state index contributed by atoms with van der Waals surface area (Å²) >= 11 is 0. The summed E-state index contributed by atoms with van der Waals surface area (Å²) in [6.45, 7) is 2.70. The summed E-state index contributed by atoms with van der Waals surface area (Å²) in [6, 6.07) is 14.6. The number of nitro groups is 1. The molecule has 0 aliphatic heterocycles. The lowest BCUT2D eigenvalue weighted by Gasteiger charge is -2.13. The largest absolute Gasteiger partial charge is 0.497 e. The van der Waals surface area contributed by atoms with E-state index in [9.17, 15) is 10.1 Å². The van der Waals surface area contributed by atoms with Crippen LogP contribution in [0.3, 0.4) is 0 Å². The minimum absolute atomic E-state index is 0.0781. The molecule has 0 radical (unpaired) electrons. The molecular formula is C20H21N5O4. The highest BCUT2D eigenvalue weighted by Gasteiger charge is 2.23. The molecule has 0 unspecified atom stereocenters. The van der Waals surface area contributed by atoms with Crippen LogP contribution in [0.5, 0.6) is 11.5 Å². The number of methoxy groups -OCH3 is 1. The number of rotatable bonds is 9. The van der Waals surface area contributed by atoms with Crippen molar-refractivity contribution in [1.29, 1.82) is 0 Å². The molecule has 9 heteroatoms. The molecule has 0 fully saturated rings. The van der Waals surface area contributed by atoms with E-state index in [4.69, 9.17) is 9.47 Å². The molecule has 0 saturated carbocycles. The van der Waals surface area contributed by atoms with Crippen molar-refractivity contribution in [2.45, 2.75) is 13.5 Å². The molecule has 0 bridgehead atoms. The van der Waals surface area contributed by atoms with Crippen LogP contribution in [-0.4, -0.2) is 28.6 Å². The molecule has 2 aromatic carbocycles. The van der Waals surface area contributed by atoms with Crippen LogP contribution in [0.1, 0.15) is 12.5 Å². The Bertz CT molecular complexity index is 979. The zero-order valence-corrected chi connectivity index (χ0v) is 16.1. The molecule has 1 heterocycles. The zero-order valence-electron chi connectivity index (χ0n) is 16.1. The maximum absolute atomic E-state index is 11.7. The molecule has 0 aliphatic carbocycles. The smallest absolute Gasteiger partial charge is 0.353 e. The van der Waals surface area contributed by atoms with Gasteiger partial charge in [0, 0.05) is 6.54 Å². The highest BCUT2D eigenvalue weighted by molar-refractivity contribution is 5.75. The molecule has 29 heavy (non-hydrogen) atoms. The van der Waals surface area contributed by atoms with Gasteiger partial charge in [0.15, 0.2) is 0 Å². The van der Waals surface area contributed by atoms with Crippen molar-refractivity contribution in [2.24, 2.45) is 0 Å². The van der Waals surface area contributed by atoms with E-state index >= 15 is 0 Å². The van der Waals surface area contributed by atoms with Crippen molar-refractivity contribution < 1.29 is 14.4 Å². The van der Waals surface area contributed by atoms with E-state index in [0.29, 0.717) is 24.6 Å². The van der Waals surface area contributed by atoms with E-state index in [-0.39, 0.29) is 17.3 Å². The van der Waals surface area contributed by atoms with E-state index < -0.39 is 4.92 Å².